The molecule has 4 aromatic rings. The summed E-state index contributed by atoms with van der Waals surface area (Å²) in [6.07, 6.45) is 3.72. The van der Waals surface area contributed by atoms with Crippen molar-refractivity contribution >= 4 is 50.1 Å². The Kier molecular flexibility index (Phi) is 5.81. The number of hydrogen-bond acceptors (Lipinski definition) is 4. The molecule has 0 fully saturated rings. The molecule has 0 saturated carbocycles. The predicted molar refractivity (Wildman–Crippen MR) is 128 cm³/mol. The lowest BCUT2D eigenvalue weighted by Gasteiger charge is -2.13. The van der Waals surface area contributed by atoms with Gasteiger partial charge in [-0.3, -0.25) is 0 Å². The number of nitrogens with two attached hydrogens (primary N) is 1. The van der Waals surface area contributed by atoms with E-state index in [1.165, 1.54) is 0 Å². The van der Waals surface area contributed by atoms with Gasteiger partial charge in [0.25, 0.3) is 0 Å². The van der Waals surface area contributed by atoms with Gasteiger partial charge in [0, 0.05) is 28.8 Å². The molecule has 0 spiro atoms. The van der Waals surface area contributed by atoms with Crippen molar-refractivity contribution in [3.63, 3.8) is 0 Å². The summed E-state index contributed by atoms with van der Waals surface area (Å²) < 4.78 is 8.28. The Morgan fingerprint density at radius 2 is 1.97 bits per heavy atom. The predicted octanol–water partition coefficient (Wildman–Crippen LogP) is 5.39. The van der Waals surface area contributed by atoms with E-state index in [9.17, 15) is 4.79 Å². The third-order valence-corrected chi connectivity index (χ3v) is 5.66. The van der Waals surface area contributed by atoms with E-state index in [1.54, 1.807) is 25.4 Å². The Morgan fingerprint density at radius 3 is 2.77 bits per heavy atom. The molecule has 2 heterocycles. The number of nitrogen functional groups attached to an aromatic ring is 1. The zero-order valence-electron chi connectivity index (χ0n) is 17.1. The summed E-state index contributed by atoms with van der Waals surface area (Å²) in [4.78, 5) is 16.8. The van der Waals surface area contributed by atoms with Gasteiger partial charge < -0.3 is 25.7 Å². The Hall–Kier alpha value is -3.52. The molecule has 0 aliphatic heterocycles. The quantitative estimate of drug-likeness (QED) is 0.357. The van der Waals surface area contributed by atoms with Crippen LogP contribution in [0.25, 0.3) is 10.9 Å². The van der Waals surface area contributed by atoms with Crippen molar-refractivity contribution in [2.45, 2.75) is 13.5 Å². The zero-order chi connectivity index (χ0) is 22.0. The number of fused-ring (bicyclic) bond motifs is 1. The molecule has 0 saturated heterocycles. The van der Waals surface area contributed by atoms with Crippen molar-refractivity contribution in [3.8, 4) is 5.75 Å². The molecule has 2 aromatic heterocycles. The molecule has 0 aliphatic carbocycles. The molecule has 0 unspecified atom stereocenters. The van der Waals surface area contributed by atoms with E-state index in [2.05, 4.69) is 36.1 Å². The smallest absolute Gasteiger partial charge is 0.323 e. The second-order valence-corrected chi connectivity index (χ2v) is 8.00. The highest BCUT2D eigenvalue weighted by Gasteiger charge is 2.12. The first-order valence-electron chi connectivity index (χ1n) is 9.65. The maximum Gasteiger partial charge on any atom is 0.323 e. The Balaban J connectivity index is 1.57. The molecule has 4 N–H and O–H groups in total. The Bertz CT molecular complexity index is 1270. The number of amides is 2. The van der Waals surface area contributed by atoms with Crippen molar-refractivity contribution in [1.29, 1.82) is 0 Å². The number of anilines is 3. The number of halogens is 1. The number of benzene rings is 2. The van der Waals surface area contributed by atoms with Crippen LogP contribution in [0, 0.1) is 6.92 Å². The highest BCUT2D eigenvalue weighted by Crippen LogP contribution is 2.29. The molecule has 2 amide bonds. The fraction of sp³-hybridized carbons (Fsp3) is 0.130. The first-order valence-corrected chi connectivity index (χ1v) is 10.4. The molecule has 0 atom stereocenters. The fourth-order valence-corrected chi connectivity index (χ4v) is 3.83. The number of carbonyl (C=O) groups is 1. The van der Waals surface area contributed by atoms with Gasteiger partial charge in [-0.1, -0.05) is 22.0 Å². The van der Waals surface area contributed by atoms with Crippen LogP contribution < -0.4 is 21.1 Å². The van der Waals surface area contributed by atoms with E-state index >= 15 is 0 Å². The molecule has 0 aliphatic rings. The molecule has 7 nitrogen and oxygen atoms in total. The summed E-state index contributed by atoms with van der Waals surface area (Å²) in [6.45, 7) is 2.63. The number of rotatable bonds is 5. The number of carbonyl (C=O) groups excluding carboxylic acids is 1. The van der Waals surface area contributed by atoms with E-state index < -0.39 is 0 Å². The van der Waals surface area contributed by atoms with Gasteiger partial charge in [0.1, 0.15) is 11.6 Å². The summed E-state index contributed by atoms with van der Waals surface area (Å²) >= 11 is 3.41. The lowest BCUT2D eigenvalue weighted by Crippen LogP contribution is -2.20. The largest absolute Gasteiger partial charge is 0.495 e. The molecular formula is C23H22BrN5O2. The van der Waals surface area contributed by atoms with Crippen LogP contribution >= 0.6 is 15.9 Å². The third-order valence-electron chi connectivity index (χ3n) is 5.17. The zero-order valence-corrected chi connectivity index (χ0v) is 18.7. The topological polar surface area (TPSA) is 94.2 Å². The van der Waals surface area contributed by atoms with Crippen molar-refractivity contribution in [3.05, 3.63) is 76.5 Å². The summed E-state index contributed by atoms with van der Waals surface area (Å²) in [5.74, 6) is 1.12. The number of urea groups is 1. The van der Waals surface area contributed by atoms with Gasteiger partial charge in [0.15, 0.2) is 0 Å². The van der Waals surface area contributed by atoms with E-state index in [0.29, 0.717) is 29.5 Å². The second-order valence-electron chi connectivity index (χ2n) is 7.09. The van der Waals surface area contributed by atoms with Crippen molar-refractivity contribution < 1.29 is 9.53 Å². The lowest BCUT2D eigenvalue weighted by atomic mass is 10.1. The van der Waals surface area contributed by atoms with Crippen molar-refractivity contribution in [2.24, 2.45) is 0 Å². The van der Waals surface area contributed by atoms with Gasteiger partial charge >= 0.3 is 6.03 Å². The van der Waals surface area contributed by atoms with Crippen molar-refractivity contribution in [2.75, 3.05) is 23.5 Å². The Labute approximate surface area is 188 Å². The van der Waals surface area contributed by atoms with Crippen LogP contribution in [0.2, 0.25) is 0 Å². The molecule has 31 heavy (non-hydrogen) atoms. The molecule has 0 radical (unpaired) electrons. The van der Waals surface area contributed by atoms with Gasteiger partial charge in [-0.2, -0.15) is 0 Å². The van der Waals surface area contributed by atoms with Gasteiger partial charge in [0.2, 0.25) is 0 Å². The molecule has 2 aromatic carbocycles. The first-order chi connectivity index (χ1) is 15.0. The maximum atomic E-state index is 12.7. The number of nitrogens with one attached hydrogen (secondary N) is 2. The van der Waals surface area contributed by atoms with Gasteiger partial charge in [-0.05, 0) is 60.5 Å². The minimum absolute atomic E-state index is 0.352. The van der Waals surface area contributed by atoms with Gasteiger partial charge in [-0.15, -0.1) is 0 Å². The van der Waals surface area contributed by atoms with Crippen LogP contribution in [0.15, 0.2) is 65.4 Å². The van der Waals surface area contributed by atoms with E-state index in [0.717, 1.165) is 26.5 Å². The number of pyridine rings is 1. The lowest BCUT2D eigenvalue weighted by molar-refractivity contribution is 0.262. The molecule has 8 heteroatoms. The SMILES string of the molecule is COc1ccc(Br)cc1NC(=O)Nc1cccc2c1ccn2Cc1ccnc(N)c1C. The van der Waals surface area contributed by atoms with Crippen LogP contribution in [0.4, 0.5) is 22.0 Å². The molecule has 4 rings (SSSR count). The molecule has 158 valence electrons. The average Bonchev–Trinajstić information content (AvgIpc) is 3.15. The monoisotopic (exact) mass is 479 g/mol. The summed E-state index contributed by atoms with van der Waals surface area (Å²) in [6, 6.07) is 14.9. The van der Waals surface area contributed by atoms with Crippen LogP contribution in [0.5, 0.6) is 5.75 Å². The van der Waals surface area contributed by atoms with Crippen LogP contribution in [-0.4, -0.2) is 22.7 Å². The van der Waals surface area contributed by atoms with E-state index in [4.69, 9.17) is 10.5 Å². The minimum atomic E-state index is -0.352. The number of aromatic nitrogens is 2. The van der Waals surface area contributed by atoms with Crippen LogP contribution in [0.3, 0.4) is 0 Å². The number of methoxy groups -OCH3 is 1. The van der Waals surface area contributed by atoms with Gasteiger partial charge in [-0.25, -0.2) is 9.78 Å². The number of nitrogens with zero attached hydrogens (tertiary/aromatic N) is 2. The summed E-state index contributed by atoms with van der Waals surface area (Å²) in [5.41, 5.74) is 10.3. The van der Waals surface area contributed by atoms with Crippen molar-refractivity contribution in [1.82, 2.24) is 9.55 Å². The van der Waals surface area contributed by atoms with Gasteiger partial charge in [0.05, 0.1) is 24.0 Å². The number of ether oxygens (including phenoxy) is 1. The maximum absolute atomic E-state index is 12.7. The Morgan fingerprint density at radius 1 is 1.16 bits per heavy atom. The highest BCUT2D eigenvalue weighted by molar-refractivity contribution is 9.10. The number of hydrogen-bond donors (Lipinski definition) is 3. The van der Waals surface area contributed by atoms with E-state index in [1.807, 2.05) is 49.5 Å². The summed E-state index contributed by atoms with van der Waals surface area (Å²) in [5, 5.41) is 6.72. The third kappa shape index (κ3) is 4.34. The van der Waals surface area contributed by atoms with Crippen LogP contribution in [-0.2, 0) is 6.54 Å². The normalized spacial score (nSPS) is 10.8. The highest BCUT2D eigenvalue weighted by atomic mass is 79.9. The standard InChI is InChI=1S/C23H22BrN5O2/c1-14-15(8-10-26-22(14)25)13-29-11-9-17-18(4-3-5-20(17)29)27-23(30)28-19-12-16(24)6-7-21(19)31-2/h3-12H,13H2,1-2H3,(H2,25,26)(H2,27,28,30). The van der Waals surface area contributed by atoms with Crippen LogP contribution in [0.1, 0.15) is 11.1 Å². The minimum Gasteiger partial charge on any atom is -0.495 e. The average molecular weight is 480 g/mol. The molecular weight excluding hydrogens is 458 g/mol. The van der Waals surface area contributed by atoms with E-state index in [-0.39, 0.29) is 6.03 Å². The first kappa shape index (κ1) is 20.7. The fourth-order valence-electron chi connectivity index (χ4n) is 3.47. The molecule has 0 bridgehead atoms. The second kappa shape index (κ2) is 8.69. The summed E-state index contributed by atoms with van der Waals surface area (Å²) in [7, 11) is 1.56.